The van der Waals surface area contributed by atoms with Crippen LogP contribution in [0.15, 0.2) is 59.5 Å². The summed E-state index contributed by atoms with van der Waals surface area (Å²) >= 11 is 0. The van der Waals surface area contributed by atoms with Gasteiger partial charge in [0.15, 0.2) is 9.84 Å². The van der Waals surface area contributed by atoms with Crippen molar-refractivity contribution in [2.45, 2.75) is 31.7 Å². The molecule has 3 aromatic rings. The minimum atomic E-state index is -3.32. The highest BCUT2D eigenvalue weighted by Crippen LogP contribution is 2.25. The zero-order chi connectivity index (χ0) is 25.9. The summed E-state index contributed by atoms with van der Waals surface area (Å²) in [5, 5.41) is 5.86. The molecule has 0 aliphatic heterocycles. The Morgan fingerprint density at radius 1 is 0.971 bits per heavy atom. The predicted octanol–water partition coefficient (Wildman–Crippen LogP) is 3.43. The Bertz CT molecular complexity index is 1340. The number of carbonyl (C=O) groups is 2. The quantitative estimate of drug-likeness (QED) is 0.498. The number of aryl methyl sites for hydroxylation is 1. The highest BCUT2D eigenvalue weighted by molar-refractivity contribution is 7.90. The summed E-state index contributed by atoms with van der Waals surface area (Å²) in [6.45, 7) is 6.38. The largest absolute Gasteiger partial charge is 0.348 e. The Hall–Kier alpha value is -3.43. The van der Waals surface area contributed by atoms with Crippen LogP contribution in [0, 0.1) is 13.8 Å². The molecule has 186 valence electrons. The van der Waals surface area contributed by atoms with Crippen LogP contribution in [0.2, 0.25) is 0 Å². The Morgan fingerprint density at radius 2 is 1.60 bits per heavy atom. The molecule has 8 nitrogen and oxygen atoms in total. The van der Waals surface area contributed by atoms with E-state index in [-0.39, 0.29) is 22.8 Å². The number of hydrogen-bond acceptors (Lipinski definition) is 5. The summed E-state index contributed by atoms with van der Waals surface area (Å²) in [4.78, 5) is 28.3. The fourth-order valence-corrected chi connectivity index (χ4v) is 4.73. The first-order chi connectivity index (χ1) is 16.4. The average Bonchev–Trinajstić information content (AvgIpc) is 3.06. The van der Waals surface area contributed by atoms with Crippen molar-refractivity contribution >= 4 is 27.3 Å². The maximum atomic E-state index is 13.1. The van der Waals surface area contributed by atoms with Crippen LogP contribution in [0.3, 0.4) is 0 Å². The monoisotopic (exact) mass is 496 g/mol. The summed E-state index contributed by atoms with van der Waals surface area (Å²) in [5.74, 6) is -0.502. The van der Waals surface area contributed by atoms with Crippen molar-refractivity contribution in [2.75, 3.05) is 32.2 Å². The third kappa shape index (κ3) is 6.17. The molecule has 2 amide bonds. The van der Waals surface area contributed by atoms with E-state index in [1.807, 2.05) is 62.5 Å². The number of amides is 2. The maximum absolute atomic E-state index is 13.1. The molecular formula is C26H32N4O4S. The van der Waals surface area contributed by atoms with Gasteiger partial charge in [0.25, 0.3) is 11.8 Å². The molecule has 0 aliphatic rings. The molecule has 3 rings (SSSR count). The third-order valence-corrected chi connectivity index (χ3v) is 6.75. The number of nitrogens with one attached hydrogen (secondary N) is 2. The predicted molar refractivity (Wildman–Crippen MR) is 138 cm³/mol. The van der Waals surface area contributed by atoms with E-state index in [4.69, 9.17) is 0 Å². The smallest absolute Gasteiger partial charge is 0.257 e. The van der Waals surface area contributed by atoms with Gasteiger partial charge in [0.2, 0.25) is 0 Å². The number of nitrogens with zero attached hydrogens (tertiary/aromatic N) is 2. The number of aromatic nitrogens is 1. The van der Waals surface area contributed by atoms with Gasteiger partial charge in [0.1, 0.15) is 0 Å². The molecule has 0 aliphatic carbocycles. The number of sulfone groups is 1. The van der Waals surface area contributed by atoms with Crippen molar-refractivity contribution in [3.8, 4) is 5.69 Å². The van der Waals surface area contributed by atoms with E-state index in [1.165, 1.54) is 12.1 Å². The van der Waals surface area contributed by atoms with Gasteiger partial charge in [-0.2, -0.15) is 0 Å². The van der Waals surface area contributed by atoms with Gasteiger partial charge in [0.05, 0.1) is 21.7 Å². The highest BCUT2D eigenvalue weighted by Gasteiger charge is 2.21. The van der Waals surface area contributed by atoms with Crippen LogP contribution < -0.4 is 10.6 Å². The third-order valence-electron chi connectivity index (χ3n) is 5.62. The second-order valence-corrected chi connectivity index (χ2v) is 11.0. The van der Waals surface area contributed by atoms with Crippen molar-refractivity contribution in [1.29, 1.82) is 0 Å². The van der Waals surface area contributed by atoms with Crippen LogP contribution >= 0.6 is 0 Å². The zero-order valence-electron chi connectivity index (χ0n) is 20.9. The topological polar surface area (TPSA) is 101 Å². The van der Waals surface area contributed by atoms with Gasteiger partial charge in [-0.1, -0.05) is 12.1 Å². The van der Waals surface area contributed by atoms with Crippen LogP contribution in [0.1, 0.15) is 39.0 Å². The lowest BCUT2D eigenvalue weighted by atomic mass is 10.1. The van der Waals surface area contributed by atoms with Gasteiger partial charge >= 0.3 is 0 Å². The number of para-hydroxylation sites is 1. The van der Waals surface area contributed by atoms with E-state index < -0.39 is 9.84 Å². The summed E-state index contributed by atoms with van der Waals surface area (Å²) in [5.41, 5.74) is 3.65. The standard InChI is InChI=1S/C26H32N4O4S/c1-17(16-29(4)5)27-25(31)22-9-7-8-10-24(22)30-18(2)15-23(19(30)3)26(32)28-20-11-13-21(14-12-20)35(6,33)34/h7-15,17H,16H2,1-6H3,(H,27,31)(H,28,32). The molecule has 1 atom stereocenters. The van der Waals surface area contributed by atoms with Crippen LogP contribution in [0.5, 0.6) is 0 Å². The summed E-state index contributed by atoms with van der Waals surface area (Å²) < 4.78 is 25.2. The molecule has 2 aromatic carbocycles. The van der Waals surface area contributed by atoms with E-state index >= 15 is 0 Å². The highest BCUT2D eigenvalue weighted by atomic mass is 32.2. The lowest BCUT2D eigenvalue weighted by molar-refractivity contribution is 0.0933. The fraction of sp³-hybridized carbons (Fsp3) is 0.308. The molecule has 9 heteroatoms. The van der Waals surface area contributed by atoms with Gasteiger partial charge in [-0.3, -0.25) is 9.59 Å². The first-order valence-electron chi connectivity index (χ1n) is 11.2. The molecular weight excluding hydrogens is 464 g/mol. The van der Waals surface area contributed by atoms with Crippen molar-refractivity contribution in [3.63, 3.8) is 0 Å². The van der Waals surface area contributed by atoms with Gasteiger partial charge < -0.3 is 20.1 Å². The van der Waals surface area contributed by atoms with Gasteiger partial charge in [-0.25, -0.2) is 8.42 Å². The van der Waals surface area contributed by atoms with Crippen LogP contribution in [0.25, 0.3) is 5.69 Å². The molecule has 1 unspecified atom stereocenters. The van der Waals surface area contributed by atoms with Crippen molar-refractivity contribution in [1.82, 2.24) is 14.8 Å². The Kier molecular flexibility index (Phi) is 7.82. The molecule has 1 aromatic heterocycles. The molecule has 0 spiro atoms. The zero-order valence-corrected chi connectivity index (χ0v) is 21.7. The van der Waals surface area contributed by atoms with Crippen molar-refractivity contribution in [2.24, 2.45) is 0 Å². The van der Waals surface area contributed by atoms with Crippen molar-refractivity contribution < 1.29 is 18.0 Å². The van der Waals surface area contributed by atoms with E-state index in [0.29, 0.717) is 34.7 Å². The number of rotatable bonds is 8. The van der Waals surface area contributed by atoms with Gasteiger partial charge in [-0.05, 0) is 77.3 Å². The summed E-state index contributed by atoms with van der Waals surface area (Å²) in [6, 6.07) is 15.1. The van der Waals surface area contributed by atoms with Gasteiger partial charge in [-0.15, -0.1) is 0 Å². The second kappa shape index (κ2) is 10.5. The van der Waals surface area contributed by atoms with E-state index in [2.05, 4.69) is 10.6 Å². The molecule has 0 fully saturated rings. The molecule has 35 heavy (non-hydrogen) atoms. The molecule has 0 bridgehead atoms. The van der Waals surface area contributed by atoms with Crippen LogP contribution in [-0.4, -0.2) is 62.6 Å². The number of benzene rings is 2. The number of carbonyl (C=O) groups excluding carboxylic acids is 2. The normalized spacial score (nSPS) is 12.4. The maximum Gasteiger partial charge on any atom is 0.257 e. The van der Waals surface area contributed by atoms with E-state index in [9.17, 15) is 18.0 Å². The molecule has 0 radical (unpaired) electrons. The number of anilines is 1. The average molecular weight is 497 g/mol. The lowest BCUT2D eigenvalue weighted by Crippen LogP contribution is -2.39. The summed E-state index contributed by atoms with van der Waals surface area (Å²) in [6.07, 6.45) is 1.14. The number of likely N-dealkylation sites (N-methyl/N-ethyl adjacent to an activating group) is 1. The first-order valence-corrected chi connectivity index (χ1v) is 13.1. The minimum Gasteiger partial charge on any atom is -0.348 e. The van der Waals surface area contributed by atoms with E-state index in [1.54, 1.807) is 24.3 Å². The molecule has 0 saturated carbocycles. The lowest BCUT2D eigenvalue weighted by Gasteiger charge is -2.20. The van der Waals surface area contributed by atoms with Crippen molar-refractivity contribution in [3.05, 3.63) is 77.1 Å². The number of hydrogen-bond donors (Lipinski definition) is 2. The van der Waals surface area contributed by atoms with Crippen LogP contribution in [0.4, 0.5) is 5.69 Å². The second-order valence-electron chi connectivity index (χ2n) is 9.02. The first kappa shape index (κ1) is 26.2. The SMILES string of the molecule is Cc1cc(C(=O)Nc2ccc(S(C)(=O)=O)cc2)c(C)n1-c1ccccc1C(=O)NC(C)CN(C)C. The van der Waals surface area contributed by atoms with Gasteiger partial charge in [0, 0.05) is 35.9 Å². The Labute approximate surface area is 206 Å². The summed E-state index contributed by atoms with van der Waals surface area (Å²) in [7, 11) is 0.592. The van der Waals surface area contributed by atoms with E-state index in [0.717, 1.165) is 11.9 Å². The Morgan fingerprint density at radius 3 is 2.20 bits per heavy atom. The molecule has 1 heterocycles. The van der Waals surface area contributed by atoms with Crippen LogP contribution in [-0.2, 0) is 9.84 Å². The molecule has 0 saturated heterocycles. The fourth-order valence-electron chi connectivity index (χ4n) is 4.10. The minimum absolute atomic E-state index is 0.0344. The Balaban J connectivity index is 1.89. The molecule has 2 N–H and O–H groups in total.